The van der Waals surface area contributed by atoms with Crippen LogP contribution in [0.15, 0.2) is 42.5 Å². The monoisotopic (exact) mass is 579 g/mol. The van der Waals surface area contributed by atoms with Gasteiger partial charge in [-0.3, -0.25) is 9.59 Å². The van der Waals surface area contributed by atoms with Gasteiger partial charge in [0, 0.05) is 31.0 Å². The summed E-state index contributed by atoms with van der Waals surface area (Å²) >= 11 is 0. The Balaban J connectivity index is 1.44. The second-order valence-electron chi connectivity index (χ2n) is 12.2. The molecule has 1 aliphatic carbocycles. The Kier molecular flexibility index (Phi) is 9.41. The number of carbonyl (C=O) groups is 2. The average Bonchev–Trinajstić information content (AvgIpc) is 3.29. The van der Waals surface area contributed by atoms with Crippen molar-refractivity contribution < 1.29 is 31.5 Å². The third-order valence-corrected chi connectivity index (χ3v) is 8.43. The van der Waals surface area contributed by atoms with Crippen LogP contribution in [0.4, 0.5) is 22.0 Å². The smallest absolute Gasteiger partial charge is 0.352 e. The summed E-state index contributed by atoms with van der Waals surface area (Å²) in [6.45, 7) is 6.74. The van der Waals surface area contributed by atoms with Gasteiger partial charge >= 0.3 is 6.18 Å². The number of amides is 2. The molecule has 224 valence electrons. The highest BCUT2D eigenvalue weighted by molar-refractivity contribution is 5.79. The van der Waals surface area contributed by atoms with Crippen molar-refractivity contribution in [3.63, 3.8) is 0 Å². The van der Waals surface area contributed by atoms with E-state index in [2.05, 4.69) is 15.5 Å². The summed E-state index contributed by atoms with van der Waals surface area (Å²) in [5, 5.41) is 5.70. The molecule has 3 atom stereocenters. The fourth-order valence-electron chi connectivity index (χ4n) is 6.69. The molecule has 1 aliphatic heterocycles. The van der Waals surface area contributed by atoms with Crippen LogP contribution in [0.2, 0.25) is 0 Å². The molecule has 1 unspecified atom stereocenters. The average molecular weight is 580 g/mol. The fraction of sp³-hybridized carbons (Fsp3) is 0.548. The molecule has 2 aromatic carbocycles. The van der Waals surface area contributed by atoms with Crippen LogP contribution < -0.4 is 10.6 Å². The first kappa shape index (κ1) is 30.9. The lowest BCUT2D eigenvalue weighted by Gasteiger charge is -2.36. The van der Waals surface area contributed by atoms with E-state index in [1.54, 1.807) is 0 Å². The number of nitrogens with one attached hydrogen (secondary N) is 2. The van der Waals surface area contributed by atoms with Crippen molar-refractivity contribution in [1.29, 1.82) is 0 Å². The van der Waals surface area contributed by atoms with Gasteiger partial charge in [-0.25, -0.2) is 8.78 Å². The molecular formula is C31H38F5N3O2. The summed E-state index contributed by atoms with van der Waals surface area (Å²) in [5.74, 6) is -1.84. The van der Waals surface area contributed by atoms with Crippen LogP contribution in [0.5, 0.6) is 0 Å². The summed E-state index contributed by atoms with van der Waals surface area (Å²) in [4.78, 5) is 27.6. The number of hydrogen-bond acceptors (Lipinski definition) is 3. The number of benzene rings is 2. The van der Waals surface area contributed by atoms with E-state index >= 15 is 0 Å². The van der Waals surface area contributed by atoms with Crippen LogP contribution in [0.1, 0.15) is 75.5 Å². The highest BCUT2D eigenvalue weighted by atomic mass is 19.4. The maximum Gasteiger partial charge on any atom is 0.416 e. The van der Waals surface area contributed by atoms with Gasteiger partial charge in [0.25, 0.3) is 0 Å². The van der Waals surface area contributed by atoms with Crippen LogP contribution >= 0.6 is 0 Å². The van der Waals surface area contributed by atoms with Gasteiger partial charge in [-0.05, 0) is 112 Å². The minimum Gasteiger partial charge on any atom is -0.352 e. The lowest BCUT2D eigenvalue weighted by molar-refractivity contribution is -0.137. The Morgan fingerprint density at radius 1 is 0.951 bits per heavy atom. The normalized spacial score (nSPS) is 22.5. The van der Waals surface area contributed by atoms with E-state index in [0.717, 1.165) is 50.0 Å². The summed E-state index contributed by atoms with van der Waals surface area (Å²) in [6.07, 6.45) is -0.953. The minimum atomic E-state index is -4.69. The maximum absolute atomic E-state index is 13.9. The number of likely N-dealkylation sites (tertiary alicyclic amines) is 1. The molecule has 2 fully saturated rings. The van der Waals surface area contributed by atoms with E-state index in [1.165, 1.54) is 19.1 Å². The molecule has 5 nitrogen and oxygen atoms in total. The molecule has 0 bridgehead atoms. The van der Waals surface area contributed by atoms with Crippen molar-refractivity contribution >= 4 is 11.8 Å². The lowest BCUT2D eigenvalue weighted by Crippen LogP contribution is -2.45. The maximum atomic E-state index is 13.9. The van der Waals surface area contributed by atoms with E-state index in [1.807, 2.05) is 26.0 Å². The van der Waals surface area contributed by atoms with Gasteiger partial charge < -0.3 is 15.5 Å². The molecule has 2 N–H and O–H groups in total. The molecule has 1 saturated heterocycles. The zero-order chi connectivity index (χ0) is 29.9. The number of halogens is 5. The molecule has 2 aliphatic rings. The quantitative estimate of drug-likeness (QED) is 0.368. The van der Waals surface area contributed by atoms with Gasteiger partial charge in [0.15, 0.2) is 0 Å². The van der Waals surface area contributed by atoms with E-state index in [9.17, 15) is 31.5 Å². The molecule has 1 heterocycles. The third kappa shape index (κ3) is 8.27. The molecule has 4 rings (SSSR count). The van der Waals surface area contributed by atoms with Gasteiger partial charge in [-0.15, -0.1) is 0 Å². The predicted molar refractivity (Wildman–Crippen MR) is 146 cm³/mol. The van der Waals surface area contributed by atoms with E-state index < -0.39 is 29.0 Å². The summed E-state index contributed by atoms with van der Waals surface area (Å²) in [7, 11) is 0. The number of hydrogen-bond donors (Lipinski definition) is 2. The van der Waals surface area contributed by atoms with Crippen molar-refractivity contribution in [3.8, 4) is 0 Å². The highest BCUT2D eigenvalue weighted by Gasteiger charge is 2.43. The van der Waals surface area contributed by atoms with Crippen molar-refractivity contribution in [2.75, 3.05) is 13.1 Å². The number of rotatable bonds is 8. The molecule has 2 aromatic rings. The third-order valence-electron chi connectivity index (χ3n) is 8.43. The van der Waals surface area contributed by atoms with Crippen molar-refractivity contribution in [2.45, 2.75) is 83.1 Å². The summed E-state index contributed by atoms with van der Waals surface area (Å²) in [6, 6.07) is 9.06. The van der Waals surface area contributed by atoms with Crippen LogP contribution in [0, 0.1) is 23.5 Å². The van der Waals surface area contributed by atoms with Crippen LogP contribution in [0.25, 0.3) is 0 Å². The largest absolute Gasteiger partial charge is 0.416 e. The predicted octanol–water partition coefficient (Wildman–Crippen LogP) is 6.18. The van der Waals surface area contributed by atoms with Gasteiger partial charge in [-0.2, -0.15) is 13.2 Å². The number of piperidine rings is 1. The van der Waals surface area contributed by atoms with Gasteiger partial charge in [0.2, 0.25) is 11.8 Å². The van der Waals surface area contributed by atoms with Crippen LogP contribution in [-0.4, -0.2) is 41.4 Å². The van der Waals surface area contributed by atoms with E-state index in [0.29, 0.717) is 24.8 Å². The summed E-state index contributed by atoms with van der Waals surface area (Å²) < 4.78 is 66.7. The molecule has 1 saturated carbocycles. The Hall–Kier alpha value is -3.01. The van der Waals surface area contributed by atoms with Gasteiger partial charge in [0.1, 0.15) is 11.6 Å². The number of nitrogens with zero attached hydrogens (tertiary/aromatic N) is 1. The van der Waals surface area contributed by atoms with Crippen molar-refractivity contribution in [1.82, 2.24) is 15.5 Å². The molecule has 2 amide bonds. The van der Waals surface area contributed by atoms with Gasteiger partial charge in [0.05, 0.1) is 5.56 Å². The summed E-state index contributed by atoms with van der Waals surface area (Å²) in [5.41, 5.74) is -0.487. The first-order chi connectivity index (χ1) is 19.2. The molecule has 41 heavy (non-hydrogen) atoms. The Morgan fingerprint density at radius 3 is 2.22 bits per heavy atom. The Bertz CT molecular complexity index is 1220. The first-order valence-electron chi connectivity index (χ1n) is 14.1. The van der Waals surface area contributed by atoms with Crippen molar-refractivity contribution in [2.24, 2.45) is 11.8 Å². The standard InChI is InChI=1S/C31H38F5N3O2/c1-19(40)38-30(2,3)17-23-14-27(39-10-8-22(9-11-39)21-4-6-25(32)7-5-21)16-28(23)29(41)37-18-20-12-24(31(34,35)36)15-26(33)13-20/h4-7,12-13,15,22-23,27-28H,8-11,14,16-18H2,1-3H3,(H,37,41)(H,38,40)/t23?,27-,28-/m1/s1. The Labute approximate surface area is 237 Å². The number of alkyl halides is 3. The van der Waals surface area contributed by atoms with Gasteiger partial charge in [-0.1, -0.05) is 12.1 Å². The SMILES string of the molecule is CC(=O)NC(C)(C)CC1C[C@@H](N2CCC(c3ccc(F)cc3)CC2)C[C@H]1C(=O)NCc1cc(F)cc(C(F)(F)F)c1. The van der Waals surface area contributed by atoms with Crippen LogP contribution in [0.3, 0.4) is 0 Å². The molecule has 0 aromatic heterocycles. The van der Waals surface area contributed by atoms with Crippen LogP contribution in [-0.2, 0) is 22.3 Å². The minimum absolute atomic E-state index is 0.0400. The Morgan fingerprint density at radius 2 is 1.61 bits per heavy atom. The molecule has 0 spiro atoms. The van der Waals surface area contributed by atoms with Crippen molar-refractivity contribution in [3.05, 3.63) is 70.8 Å². The molecule has 10 heteroatoms. The topological polar surface area (TPSA) is 61.4 Å². The first-order valence-corrected chi connectivity index (χ1v) is 14.1. The molecule has 0 radical (unpaired) electrons. The molecular weight excluding hydrogens is 541 g/mol. The second kappa shape index (κ2) is 12.5. The lowest BCUT2D eigenvalue weighted by atomic mass is 9.83. The van der Waals surface area contributed by atoms with E-state index in [4.69, 9.17) is 0 Å². The number of carbonyl (C=O) groups excluding carboxylic acids is 2. The zero-order valence-electron chi connectivity index (χ0n) is 23.7. The zero-order valence-corrected chi connectivity index (χ0v) is 23.7. The highest BCUT2D eigenvalue weighted by Crippen LogP contribution is 2.42. The van der Waals surface area contributed by atoms with E-state index in [-0.39, 0.29) is 41.7 Å². The second-order valence-corrected chi connectivity index (χ2v) is 12.2. The fourth-order valence-corrected chi connectivity index (χ4v) is 6.69.